The van der Waals surface area contributed by atoms with Crippen LogP contribution in [0.2, 0.25) is 0 Å². The van der Waals surface area contributed by atoms with Crippen LogP contribution in [-0.2, 0) is 6.42 Å². The van der Waals surface area contributed by atoms with Crippen molar-refractivity contribution in [1.29, 1.82) is 0 Å². The standard InChI is InChI=1S/C13H18N2O3/c1-14-8-2-3-12(14)13(16)9-10-4-6-11(7-5-10)15(17)18/h4-7,12-13,16H,2-3,8-9H2,1H3/t12-,13+/m0/s1. The Bertz CT molecular complexity index is 419. The first-order valence-electron chi connectivity index (χ1n) is 6.19. The van der Waals surface area contributed by atoms with E-state index in [1.165, 1.54) is 12.1 Å². The summed E-state index contributed by atoms with van der Waals surface area (Å²) in [5, 5.41) is 20.7. The molecule has 0 radical (unpaired) electrons. The van der Waals surface area contributed by atoms with Gasteiger partial charge in [-0.3, -0.25) is 10.1 Å². The Balaban J connectivity index is 1.98. The molecule has 98 valence electrons. The predicted octanol–water partition coefficient (Wildman–Crippen LogP) is 1.59. The lowest BCUT2D eigenvalue weighted by atomic mass is 10.0. The second-order valence-electron chi connectivity index (χ2n) is 4.89. The van der Waals surface area contributed by atoms with E-state index in [-0.39, 0.29) is 11.7 Å². The van der Waals surface area contributed by atoms with Gasteiger partial charge >= 0.3 is 0 Å². The summed E-state index contributed by atoms with van der Waals surface area (Å²) in [5.74, 6) is 0. The Morgan fingerprint density at radius 2 is 2.17 bits per heavy atom. The largest absolute Gasteiger partial charge is 0.391 e. The van der Waals surface area contributed by atoms with E-state index in [1.54, 1.807) is 12.1 Å². The Morgan fingerprint density at radius 1 is 1.50 bits per heavy atom. The summed E-state index contributed by atoms with van der Waals surface area (Å²) in [7, 11) is 2.02. The zero-order valence-corrected chi connectivity index (χ0v) is 10.5. The fourth-order valence-electron chi connectivity index (χ4n) is 2.55. The fourth-order valence-corrected chi connectivity index (χ4v) is 2.55. The van der Waals surface area contributed by atoms with Crippen LogP contribution in [0.25, 0.3) is 0 Å². The van der Waals surface area contributed by atoms with Gasteiger partial charge < -0.3 is 10.0 Å². The zero-order chi connectivity index (χ0) is 13.1. The topological polar surface area (TPSA) is 66.6 Å². The first kappa shape index (κ1) is 13.0. The summed E-state index contributed by atoms with van der Waals surface area (Å²) in [4.78, 5) is 12.3. The normalized spacial score (nSPS) is 22.0. The minimum absolute atomic E-state index is 0.0891. The van der Waals surface area contributed by atoms with Gasteiger partial charge in [0.15, 0.2) is 0 Å². The van der Waals surface area contributed by atoms with Gasteiger partial charge in [0.05, 0.1) is 11.0 Å². The van der Waals surface area contributed by atoms with E-state index in [2.05, 4.69) is 4.90 Å². The summed E-state index contributed by atoms with van der Waals surface area (Å²) in [6.45, 7) is 1.03. The number of hydrogen-bond acceptors (Lipinski definition) is 4. The highest BCUT2D eigenvalue weighted by atomic mass is 16.6. The third kappa shape index (κ3) is 2.86. The van der Waals surface area contributed by atoms with E-state index in [9.17, 15) is 15.2 Å². The molecule has 1 saturated heterocycles. The molecule has 1 aromatic carbocycles. The van der Waals surface area contributed by atoms with Gasteiger partial charge in [0, 0.05) is 18.2 Å². The number of nitro benzene ring substituents is 1. The number of likely N-dealkylation sites (N-methyl/N-ethyl adjacent to an activating group) is 1. The smallest absolute Gasteiger partial charge is 0.269 e. The monoisotopic (exact) mass is 250 g/mol. The summed E-state index contributed by atoms with van der Waals surface area (Å²) in [5.41, 5.74) is 1.03. The van der Waals surface area contributed by atoms with Gasteiger partial charge in [-0.1, -0.05) is 12.1 Å². The van der Waals surface area contributed by atoms with Crippen LogP contribution >= 0.6 is 0 Å². The molecule has 1 fully saturated rings. The van der Waals surface area contributed by atoms with Gasteiger partial charge in [-0.25, -0.2) is 0 Å². The molecule has 1 aliphatic rings. The maximum absolute atomic E-state index is 10.5. The van der Waals surface area contributed by atoms with E-state index >= 15 is 0 Å². The third-order valence-electron chi connectivity index (χ3n) is 3.61. The molecule has 5 nitrogen and oxygen atoms in total. The van der Waals surface area contributed by atoms with E-state index in [1.807, 2.05) is 7.05 Å². The molecule has 1 aromatic rings. The molecule has 0 amide bonds. The molecule has 1 aliphatic heterocycles. The molecular formula is C13H18N2O3. The van der Waals surface area contributed by atoms with Gasteiger partial charge in [-0.2, -0.15) is 0 Å². The molecule has 0 bridgehead atoms. The minimum atomic E-state index is -0.412. The Kier molecular flexibility index (Phi) is 3.93. The highest BCUT2D eigenvalue weighted by Crippen LogP contribution is 2.21. The van der Waals surface area contributed by atoms with Crippen molar-refractivity contribution in [3.05, 3.63) is 39.9 Å². The predicted molar refractivity (Wildman–Crippen MR) is 68.5 cm³/mol. The van der Waals surface area contributed by atoms with Gasteiger partial charge in [-0.05, 0) is 38.4 Å². The number of aliphatic hydroxyl groups is 1. The molecule has 18 heavy (non-hydrogen) atoms. The van der Waals surface area contributed by atoms with Crippen LogP contribution in [0.5, 0.6) is 0 Å². The third-order valence-corrected chi connectivity index (χ3v) is 3.61. The Morgan fingerprint density at radius 3 is 2.67 bits per heavy atom. The van der Waals surface area contributed by atoms with Crippen LogP contribution < -0.4 is 0 Å². The van der Waals surface area contributed by atoms with Gasteiger partial charge in [0.25, 0.3) is 5.69 Å². The van der Waals surface area contributed by atoms with Crippen LogP contribution in [0.3, 0.4) is 0 Å². The molecule has 0 unspecified atom stereocenters. The molecule has 1 N–H and O–H groups in total. The zero-order valence-electron chi connectivity index (χ0n) is 10.5. The Labute approximate surface area is 106 Å². The summed E-state index contributed by atoms with van der Waals surface area (Å²) in [6, 6.07) is 6.62. The summed E-state index contributed by atoms with van der Waals surface area (Å²) < 4.78 is 0. The highest BCUT2D eigenvalue weighted by Gasteiger charge is 2.27. The first-order chi connectivity index (χ1) is 8.58. The lowest BCUT2D eigenvalue weighted by Crippen LogP contribution is -2.37. The van der Waals surface area contributed by atoms with Crippen LogP contribution in [0.15, 0.2) is 24.3 Å². The maximum Gasteiger partial charge on any atom is 0.269 e. The number of nitrogens with zero attached hydrogens (tertiary/aromatic N) is 2. The maximum atomic E-state index is 10.5. The molecule has 5 heteroatoms. The van der Waals surface area contributed by atoms with E-state index in [0.29, 0.717) is 6.42 Å². The van der Waals surface area contributed by atoms with Crippen molar-refractivity contribution in [3.63, 3.8) is 0 Å². The van der Waals surface area contributed by atoms with Gasteiger partial charge in [0.2, 0.25) is 0 Å². The second kappa shape index (κ2) is 5.46. The summed E-state index contributed by atoms with van der Waals surface area (Å²) in [6.07, 6.45) is 2.29. The molecule has 2 rings (SSSR count). The molecule has 1 heterocycles. The summed E-state index contributed by atoms with van der Waals surface area (Å²) >= 11 is 0. The number of hydrogen-bond donors (Lipinski definition) is 1. The van der Waals surface area contributed by atoms with E-state index in [4.69, 9.17) is 0 Å². The number of aliphatic hydroxyl groups excluding tert-OH is 1. The van der Waals surface area contributed by atoms with Crippen molar-refractivity contribution in [2.24, 2.45) is 0 Å². The molecule has 0 saturated carbocycles. The van der Waals surface area contributed by atoms with Crippen LogP contribution in [0.4, 0.5) is 5.69 Å². The molecule has 2 atom stereocenters. The average Bonchev–Trinajstić information content (AvgIpc) is 2.76. The minimum Gasteiger partial charge on any atom is -0.391 e. The molecule has 0 aromatic heterocycles. The van der Waals surface area contributed by atoms with Crippen LogP contribution in [0, 0.1) is 10.1 Å². The molecular weight excluding hydrogens is 232 g/mol. The Hall–Kier alpha value is -1.46. The van der Waals surface area contributed by atoms with Crippen molar-refractivity contribution in [2.75, 3.05) is 13.6 Å². The number of non-ortho nitro benzene ring substituents is 1. The number of nitro groups is 1. The van der Waals surface area contributed by atoms with E-state index in [0.717, 1.165) is 24.9 Å². The van der Waals surface area contributed by atoms with Crippen molar-refractivity contribution in [3.8, 4) is 0 Å². The second-order valence-corrected chi connectivity index (χ2v) is 4.89. The molecule has 0 spiro atoms. The van der Waals surface area contributed by atoms with E-state index < -0.39 is 11.0 Å². The quantitative estimate of drug-likeness (QED) is 0.651. The lowest BCUT2D eigenvalue weighted by Gasteiger charge is -2.25. The van der Waals surface area contributed by atoms with Crippen LogP contribution in [-0.4, -0.2) is 40.7 Å². The lowest BCUT2D eigenvalue weighted by molar-refractivity contribution is -0.384. The fraction of sp³-hybridized carbons (Fsp3) is 0.538. The highest BCUT2D eigenvalue weighted by molar-refractivity contribution is 5.33. The van der Waals surface area contributed by atoms with Crippen molar-refractivity contribution >= 4 is 5.69 Å². The number of rotatable bonds is 4. The average molecular weight is 250 g/mol. The van der Waals surface area contributed by atoms with Crippen molar-refractivity contribution in [2.45, 2.75) is 31.4 Å². The molecule has 0 aliphatic carbocycles. The van der Waals surface area contributed by atoms with Gasteiger partial charge in [0.1, 0.15) is 0 Å². The SMILES string of the molecule is CN1CCC[C@H]1[C@H](O)Cc1ccc([N+](=O)[O-])cc1. The number of benzene rings is 1. The van der Waals surface area contributed by atoms with Crippen molar-refractivity contribution in [1.82, 2.24) is 4.90 Å². The van der Waals surface area contributed by atoms with Crippen molar-refractivity contribution < 1.29 is 10.0 Å². The number of likely N-dealkylation sites (tertiary alicyclic amines) is 1. The van der Waals surface area contributed by atoms with Crippen LogP contribution in [0.1, 0.15) is 18.4 Å². The van der Waals surface area contributed by atoms with Gasteiger partial charge in [-0.15, -0.1) is 0 Å². The first-order valence-corrected chi connectivity index (χ1v) is 6.19.